The molecule has 2 N–H and O–H groups in total. The zero-order chi connectivity index (χ0) is 10.5. The Balaban J connectivity index is 1.94. The molecule has 0 aliphatic heterocycles. The monoisotopic (exact) mass is 205 g/mol. The summed E-state index contributed by atoms with van der Waals surface area (Å²) in [7, 11) is 0. The van der Waals surface area contributed by atoms with Gasteiger partial charge in [-0.15, -0.1) is 0 Å². The van der Waals surface area contributed by atoms with Crippen LogP contribution >= 0.6 is 0 Å². The number of nitrogens with zero attached hydrogens (tertiary/aromatic N) is 2. The molecule has 15 heavy (non-hydrogen) atoms. The highest BCUT2D eigenvalue weighted by atomic mass is 15.3. The molecule has 0 radical (unpaired) electrons. The second kappa shape index (κ2) is 3.08. The summed E-state index contributed by atoms with van der Waals surface area (Å²) in [5.74, 6) is 0.758. The first-order valence-corrected chi connectivity index (χ1v) is 6.10. The fraction of sp³-hybridized carbons (Fsp3) is 0.750. The number of hydrogen-bond acceptors (Lipinski definition) is 2. The Morgan fingerprint density at radius 3 is 2.73 bits per heavy atom. The molecule has 2 aliphatic carbocycles. The molecule has 3 heteroatoms. The molecule has 1 aromatic heterocycles. The van der Waals surface area contributed by atoms with Crippen LogP contribution in [0.4, 0.5) is 0 Å². The van der Waals surface area contributed by atoms with Crippen LogP contribution in [0.1, 0.15) is 56.3 Å². The van der Waals surface area contributed by atoms with Gasteiger partial charge < -0.3 is 5.73 Å². The van der Waals surface area contributed by atoms with E-state index in [0.717, 1.165) is 31.0 Å². The first kappa shape index (κ1) is 9.40. The summed E-state index contributed by atoms with van der Waals surface area (Å²) >= 11 is 0. The molecule has 1 heterocycles. The van der Waals surface area contributed by atoms with E-state index >= 15 is 0 Å². The van der Waals surface area contributed by atoms with Crippen molar-refractivity contribution in [3.8, 4) is 0 Å². The molecular weight excluding hydrogens is 186 g/mol. The maximum atomic E-state index is 6.19. The van der Waals surface area contributed by atoms with Crippen LogP contribution in [0.5, 0.6) is 0 Å². The second-order valence-electron chi connectivity index (χ2n) is 5.05. The minimum atomic E-state index is -0.0705. The lowest BCUT2D eigenvalue weighted by molar-refractivity contribution is 0.390. The molecule has 3 nitrogen and oxygen atoms in total. The molecule has 82 valence electrons. The molecule has 0 unspecified atom stereocenters. The fourth-order valence-corrected chi connectivity index (χ4v) is 2.35. The predicted octanol–water partition coefficient (Wildman–Crippen LogP) is 2.12. The highest BCUT2D eigenvalue weighted by Crippen LogP contribution is 2.44. The summed E-state index contributed by atoms with van der Waals surface area (Å²) in [5.41, 5.74) is 8.68. The molecule has 0 atom stereocenters. The molecule has 2 saturated carbocycles. The van der Waals surface area contributed by atoms with Gasteiger partial charge in [0.1, 0.15) is 0 Å². The zero-order valence-corrected chi connectivity index (χ0v) is 9.37. The lowest BCUT2D eigenvalue weighted by Crippen LogP contribution is -2.19. The molecule has 1 aromatic rings. The van der Waals surface area contributed by atoms with E-state index in [1.165, 1.54) is 25.0 Å². The normalized spacial score (nSPS) is 23.9. The van der Waals surface area contributed by atoms with Gasteiger partial charge in [-0.25, -0.2) is 0 Å². The maximum absolute atomic E-state index is 6.19. The first-order chi connectivity index (χ1) is 7.23. The lowest BCUT2D eigenvalue weighted by atomic mass is 9.82. The van der Waals surface area contributed by atoms with Crippen LogP contribution in [0.25, 0.3) is 0 Å². The number of aromatic nitrogens is 2. The predicted molar refractivity (Wildman–Crippen MR) is 59.6 cm³/mol. The number of hydrogen-bond donors (Lipinski definition) is 1. The summed E-state index contributed by atoms with van der Waals surface area (Å²) in [5, 5.41) is 4.66. The lowest BCUT2D eigenvalue weighted by Gasteiger charge is -2.25. The Kier molecular flexibility index (Phi) is 1.93. The van der Waals surface area contributed by atoms with E-state index in [1.54, 1.807) is 0 Å². The van der Waals surface area contributed by atoms with Crippen molar-refractivity contribution in [2.75, 3.05) is 0 Å². The van der Waals surface area contributed by atoms with Crippen molar-refractivity contribution in [2.45, 2.75) is 57.0 Å². The van der Waals surface area contributed by atoms with E-state index in [4.69, 9.17) is 5.73 Å². The fourth-order valence-electron chi connectivity index (χ4n) is 2.35. The third-order valence-electron chi connectivity index (χ3n) is 3.93. The minimum absolute atomic E-state index is 0.0705. The van der Waals surface area contributed by atoms with Crippen molar-refractivity contribution in [1.82, 2.24) is 9.78 Å². The molecule has 2 aliphatic rings. The van der Waals surface area contributed by atoms with Gasteiger partial charge in [-0.2, -0.15) is 5.10 Å². The van der Waals surface area contributed by atoms with Crippen LogP contribution in [0.2, 0.25) is 0 Å². The van der Waals surface area contributed by atoms with Gasteiger partial charge in [0.05, 0.1) is 11.2 Å². The standard InChI is InChI=1S/C12H19N3/c1-2-15-10(9-4-3-5-9)8-11(14-15)12(13)6-7-12/h8-9H,2-7,13H2,1H3. The molecule has 2 fully saturated rings. The summed E-state index contributed by atoms with van der Waals surface area (Å²) in [6.07, 6.45) is 6.27. The largest absolute Gasteiger partial charge is 0.320 e. The van der Waals surface area contributed by atoms with Crippen LogP contribution in [0, 0.1) is 0 Å². The highest BCUT2D eigenvalue weighted by Gasteiger charge is 2.43. The highest BCUT2D eigenvalue weighted by molar-refractivity contribution is 5.27. The Labute approximate surface area is 90.7 Å². The number of nitrogens with two attached hydrogens (primary N) is 1. The van der Waals surface area contributed by atoms with Gasteiger partial charge in [-0.1, -0.05) is 6.42 Å². The van der Waals surface area contributed by atoms with E-state index in [-0.39, 0.29) is 5.54 Å². The van der Waals surface area contributed by atoms with Crippen LogP contribution < -0.4 is 5.73 Å². The van der Waals surface area contributed by atoms with Gasteiger partial charge in [0, 0.05) is 18.2 Å². The quantitative estimate of drug-likeness (QED) is 0.821. The van der Waals surface area contributed by atoms with Gasteiger partial charge in [-0.05, 0) is 38.7 Å². The van der Waals surface area contributed by atoms with Crippen LogP contribution in [0.3, 0.4) is 0 Å². The van der Waals surface area contributed by atoms with Crippen molar-refractivity contribution < 1.29 is 0 Å². The average Bonchev–Trinajstić information content (AvgIpc) is 2.76. The molecular formula is C12H19N3. The molecule has 0 bridgehead atoms. The molecule has 0 aromatic carbocycles. The summed E-state index contributed by atoms with van der Waals surface area (Å²) < 4.78 is 2.16. The van der Waals surface area contributed by atoms with Crippen molar-refractivity contribution in [3.05, 3.63) is 17.5 Å². The van der Waals surface area contributed by atoms with Crippen LogP contribution in [0.15, 0.2) is 6.07 Å². The van der Waals surface area contributed by atoms with Crippen molar-refractivity contribution >= 4 is 0 Å². The van der Waals surface area contributed by atoms with E-state index < -0.39 is 0 Å². The second-order valence-corrected chi connectivity index (χ2v) is 5.05. The maximum Gasteiger partial charge on any atom is 0.0826 e. The van der Waals surface area contributed by atoms with Gasteiger partial charge in [0.25, 0.3) is 0 Å². The molecule has 3 rings (SSSR count). The van der Waals surface area contributed by atoms with Gasteiger partial charge in [0.2, 0.25) is 0 Å². The van der Waals surface area contributed by atoms with E-state index in [0.29, 0.717) is 0 Å². The van der Waals surface area contributed by atoms with Crippen molar-refractivity contribution in [1.29, 1.82) is 0 Å². The van der Waals surface area contributed by atoms with Crippen molar-refractivity contribution in [3.63, 3.8) is 0 Å². The van der Waals surface area contributed by atoms with Crippen molar-refractivity contribution in [2.24, 2.45) is 5.73 Å². The number of aryl methyl sites for hydroxylation is 1. The Morgan fingerprint density at radius 1 is 1.53 bits per heavy atom. The number of rotatable bonds is 3. The Morgan fingerprint density at radius 2 is 2.27 bits per heavy atom. The third-order valence-corrected chi connectivity index (χ3v) is 3.93. The SMILES string of the molecule is CCn1nc(C2(N)CC2)cc1C1CCC1. The van der Waals surface area contributed by atoms with E-state index in [9.17, 15) is 0 Å². The minimum Gasteiger partial charge on any atom is -0.320 e. The summed E-state index contributed by atoms with van der Waals surface area (Å²) in [6.45, 7) is 3.14. The topological polar surface area (TPSA) is 43.8 Å². The smallest absolute Gasteiger partial charge is 0.0826 e. The average molecular weight is 205 g/mol. The van der Waals surface area contributed by atoms with Crippen LogP contribution in [-0.4, -0.2) is 9.78 Å². The molecule has 0 spiro atoms. The van der Waals surface area contributed by atoms with E-state index in [2.05, 4.69) is 22.8 Å². The van der Waals surface area contributed by atoms with Gasteiger partial charge in [0.15, 0.2) is 0 Å². The van der Waals surface area contributed by atoms with Gasteiger partial charge >= 0.3 is 0 Å². The summed E-state index contributed by atoms with van der Waals surface area (Å²) in [4.78, 5) is 0. The van der Waals surface area contributed by atoms with Crippen LogP contribution in [-0.2, 0) is 12.1 Å². The molecule has 0 amide bonds. The first-order valence-electron chi connectivity index (χ1n) is 6.10. The van der Waals surface area contributed by atoms with E-state index in [1.807, 2.05) is 0 Å². The Hall–Kier alpha value is -0.830. The zero-order valence-electron chi connectivity index (χ0n) is 9.37. The summed E-state index contributed by atoms with van der Waals surface area (Å²) in [6, 6.07) is 2.26. The Bertz CT molecular complexity index is 372. The van der Waals surface area contributed by atoms with Gasteiger partial charge in [-0.3, -0.25) is 4.68 Å². The third kappa shape index (κ3) is 1.41. The molecule has 0 saturated heterocycles.